The van der Waals surface area contributed by atoms with Gasteiger partial charge in [-0.3, -0.25) is 0 Å². The van der Waals surface area contributed by atoms with Crippen molar-refractivity contribution in [2.75, 3.05) is 11.9 Å². The zero-order chi connectivity index (χ0) is 13.8. The zero-order valence-corrected chi connectivity index (χ0v) is 12.7. The van der Waals surface area contributed by atoms with E-state index in [0.717, 1.165) is 15.7 Å². The van der Waals surface area contributed by atoms with Crippen LogP contribution in [0.5, 0.6) is 0 Å². The number of aromatic nitrogens is 2. The Kier molecular flexibility index (Phi) is 4.49. The van der Waals surface area contributed by atoms with Gasteiger partial charge in [-0.05, 0) is 34.1 Å². The van der Waals surface area contributed by atoms with Crippen LogP contribution < -0.4 is 11.1 Å². The summed E-state index contributed by atoms with van der Waals surface area (Å²) in [5.74, 6) is 1.28. The minimum absolute atomic E-state index is 0.384. The Morgan fingerprint density at radius 1 is 1.53 bits per heavy atom. The maximum Gasteiger partial charge on any atom is 0.223 e. The van der Waals surface area contributed by atoms with Gasteiger partial charge in [0, 0.05) is 35.6 Å². The monoisotopic (exact) mass is 340 g/mol. The van der Waals surface area contributed by atoms with Gasteiger partial charge in [0.05, 0.1) is 0 Å². The highest BCUT2D eigenvalue weighted by molar-refractivity contribution is 9.10. The van der Waals surface area contributed by atoms with Crippen LogP contribution in [0.2, 0.25) is 0 Å². The van der Waals surface area contributed by atoms with E-state index in [0.29, 0.717) is 29.7 Å². The molecule has 100 valence electrons. The van der Waals surface area contributed by atoms with E-state index in [1.54, 1.807) is 6.92 Å². The fourth-order valence-corrected chi connectivity index (χ4v) is 2.21. The number of nitrogens with one attached hydrogen (secondary N) is 1. The summed E-state index contributed by atoms with van der Waals surface area (Å²) in [7, 11) is 0. The van der Waals surface area contributed by atoms with E-state index in [1.807, 2.05) is 18.2 Å². The van der Waals surface area contributed by atoms with Crippen LogP contribution >= 0.6 is 28.1 Å². The first-order valence-electron chi connectivity index (χ1n) is 5.68. The summed E-state index contributed by atoms with van der Waals surface area (Å²) < 4.78 is 5.83. The van der Waals surface area contributed by atoms with E-state index in [-0.39, 0.29) is 0 Å². The molecule has 0 bridgehead atoms. The lowest BCUT2D eigenvalue weighted by atomic mass is 10.2. The number of nitrogens with zero attached hydrogens (tertiary/aromatic N) is 2. The van der Waals surface area contributed by atoms with Crippen LogP contribution in [0.1, 0.15) is 17.3 Å². The van der Waals surface area contributed by atoms with E-state index in [1.165, 1.54) is 0 Å². The molecular weight excluding hydrogens is 328 g/mol. The van der Waals surface area contributed by atoms with Gasteiger partial charge in [0.2, 0.25) is 5.89 Å². The van der Waals surface area contributed by atoms with Crippen molar-refractivity contribution in [2.45, 2.75) is 13.3 Å². The van der Waals surface area contributed by atoms with Gasteiger partial charge in [0.1, 0.15) is 4.99 Å². The molecule has 3 N–H and O–H groups in total. The second-order valence-corrected chi connectivity index (χ2v) is 5.26. The molecule has 0 unspecified atom stereocenters. The van der Waals surface area contributed by atoms with Crippen molar-refractivity contribution in [3.63, 3.8) is 0 Å². The minimum atomic E-state index is 0.384. The number of thiocarbonyl (C=S) groups is 1. The average Bonchev–Trinajstić information content (AvgIpc) is 2.77. The van der Waals surface area contributed by atoms with Crippen LogP contribution in [-0.2, 0) is 6.42 Å². The molecule has 2 aromatic rings. The Morgan fingerprint density at radius 2 is 2.32 bits per heavy atom. The fourth-order valence-electron chi connectivity index (χ4n) is 1.56. The first-order valence-corrected chi connectivity index (χ1v) is 6.89. The van der Waals surface area contributed by atoms with Crippen LogP contribution in [0, 0.1) is 6.92 Å². The van der Waals surface area contributed by atoms with Crippen molar-refractivity contribution in [3.8, 4) is 0 Å². The largest absolute Gasteiger partial charge is 0.389 e. The lowest BCUT2D eigenvalue weighted by Crippen LogP contribution is -2.10. The second-order valence-electron chi connectivity index (χ2n) is 3.97. The quantitative estimate of drug-likeness (QED) is 0.814. The Balaban J connectivity index is 1.94. The molecule has 0 amide bonds. The number of hydrogen-bond donors (Lipinski definition) is 2. The molecule has 0 spiro atoms. The third-order valence-electron chi connectivity index (χ3n) is 2.49. The third kappa shape index (κ3) is 3.74. The maximum absolute atomic E-state index is 5.57. The van der Waals surface area contributed by atoms with Crippen molar-refractivity contribution >= 4 is 38.8 Å². The number of hydrogen-bond acceptors (Lipinski definition) is 5. The normalized spacial score (nSPS) is 10.4. The molecular formula is C12H13BrN4OS. The first-order chi connectivity index (χ1) is 9.06. The molecule has 0 aliphatic rings. The summed E-state index contributed by atoms with van der Waals surface area (Å²) in [5, 5.41) is 7.12. The summed E-state index contributed by atoms with van der Waals surface area (Å²) >= 11 is 8.41. The Hall–Kier alpha value is -1.47. The van der Waals surface area contributed by atoms with Crippen molar-refractivity contribution in [3.05, 3.63) is 40.0 Å². The van der Waals surface area contributed by atoms with Crippen LogP contribution in [-0.4, -0.2) is 21.7 Å². The molecule has 1 heterocycles. The van der Waals surface area contributed by atoms with Gasteiger partial charge in [-0.2, -0.15) is 4.98 Å². The summed E-state index contributed by atoms with van der Waals surface area (Å²) in [6, 6.07) is 5.71. The molecule has 0 aliphatic heterocycles. The SMILES string of the molecule is Cc1nc(CCNc2ccc(C(N)=S)cc2Br)no1. The summed E-state index contributed by atoms with van der Waals surface area (Å²) in [6.45, 7) is 2.49. The van der Waals surface area contributed by atoms with Crippen LogP contribution in [0.4, 0.5) is 5.69 Å². The van der Waals surface area contributed by atoms with E-state index >= 15 is 0 Å². The second kappa shape index (κ2) is 6.12. The molecule has 1 aromatic heterocycles. The number of aryl methyl sites for hydroxylation is 1. The molecule has 0 saturated heterocycles. The highest BCUT2D eigenvalue weighted by atomic mass is 79.9. The fraction of sp³-hybridized carbons (Fsp3) is 0.250. The van der Waals surface area contributed by atoms with Crippen LogP contribution in [0.3, 0.4) is 0 Å². The first kappa shape index (κ1) is 14.0. The highest BCUT2D eigenvalue weighted by Gasteiger charge is 2.05. The van der Waals surface area contributed by atoms with Gasteiger partial charge in [0.25, 0.3) is 0 Å². The zero-order valence-electron chi connectivity index (χ0n) is 10.3. The Morgan fingerprint density at radius 3 is 2.89 bits per heavy atom. The Labute approximate surface area is 124 Å². The highest BCUT2D eigenvalue weighted by Crippen LogP contribution is 2.23. The van der Waals surface area contributed by atoms with Crippen molar-refractivity contribution in [1.82, 2.24) is 10.1 Å². The molecule has 0 atom stereocenters. The predicted octanol–water partition coefficient (Wildman–Crippen LogP) is 2.43. The van der Waals surface area contributed by atoms with Gasteiger partial charge >= 0.3 is 0 Å². The molecule has 5 nitrogen and oxygen atoms in total. The van der Waals surface area contributed by atoms with Gasteiger partial charge in [-0.15, -0.1) is 0 Å². The van der Waals surface area contributed by atoms with Gasteiger partial charge in [-0.25, -0.2) is 0 Å². The lowest BCUT2D eigenvalue weighted by molar-refractivity contribution is 0.387. The topological polar surface area (TPSA) is 77.0 Å². The van der Waals surface area contributed by atoms with E-state index in [2.05, 4.69) is 31.4 Å². The number of halogens is 1. The minimum Gasteiger partial charge on any atom is -0.389 e. The van der Waals surface area contributed by atoms with Gasteiger partial charge in [-0.1, -0.05) is 17.4 Å². The van der Waals surface area contributed by atoms with E-state index in [4.69, 9.17) is 22.5 Å². The smallest absolute Gasteiger partial charge is 0.223 e. The molecule has 0 radical (unpaired) electrons. The van der Waals surface area contributed by atoms with Crippen molar-refractivity contribution in [2.24, 2.45) is 5.73 Å². The van der Waals surface area contributed by atoms with Crippen LogP contribution in [0.15, 0.2) is 27.2 Å². The molecule has 2 rings (SSSR count). The molecule has 19 heavy (non-hydrogen) atoms. The molecule has 0 aliphatic carbocycles. The van der Waals surface area contributed by atoms with Crippen molar-refractivity contribution in [1.29, 1.82) is 0 Å². The maximum atomic E-state index is 5.57. The van der Waals surface area contributed by atoms with E-state index in [9.17, 15) is 0 Å². The molecule has 7 heteroatoms. The summed E-state index contributed by atoms with van der Waals surface area (Å²) in [4.78, 5) is 4.52. The predicted molar refractivity (Wildman–Crippen MR) is 81.3 cm³/mol. The van der Waals surface area contributed by atoms with Gasteiger partial charge in [0.15, 0.2) is 5.82 Å². The molecule has 0 fully saturated rings. The number of anilines is 1. The Bertz CT molecular complexity index is 599. The van der Waals surface area contributed by atoms with Crippen LogP contribution in [0.25, 0.3) is 0 Å². The summed E-state index contributed by atoms with van der Waals surface area (Å²) in [5.41, 5.74) is 7.38. The van der Waals surface area contributed by atoms with E-state index < -0.39 is 0 Å². The lowest BCUT2D eigenvalue weighted by Gasteiger charge is -2.08. The standard InChI is InChI=1S/C12H13BrN4OS/c1-7-16-11(17-18-7)4-5-15-10-3-2-8(12(14)19)6-9(10)13/h2-3,6,15H,4-5H2,1H3,(H2,14,19). The van der Waals surface area contributed by atoms with Gasteiger partial charge < -0.3 is 15.6 Å². The van der Waals surface area contributed by atoms with Crippen molar-refractivity contribution < 1.29 is 4.52 Å². The molecule has 1 aromatic carbocycles. The summed E-state index contributed by atoms with van der Waals surface area (Å²) in [6.07, 6.45) is 0.695. The number of rotatable bonds is 5. The average molecular weight is 341 g/mol. The number of benzene rings is 1. The third-order valence-corrected chi connectivity index (χ3v) is 3.38. The molecule has 0 saturated carbocycles. The number of nitrogens with two attached hydrogens (primary N) is 1.